The first kappa shape index (κ1) is 15.7. The molecule has 1 rings (SSSR count). The molecule has 0 radical (unpaired) electrons. The first-order valence-electron chi connectivity index (χ1n) is 6.70. The normalized spacial score (nSPS) is 10.4. The molecule has 0 atom stereocenters. The molecule has 0 heterocycles. The number of para-hydroxylation sites is 1. The summed E-state index contributed by atoms with van der Waals surface area (Å²) < 4.78 is 16.0. The SMILES string of the molecule is CCCOCCOCC(=O)c1ccccc1OCC. The van der Waals surface area contributed by atoms with Crippen molar-refractivity contribution in [3.63, 3.8) is 0 Å². The second kappa shape index (κ2) is 9.53. The molecule has 0 spiro atoms. The Labute approximate surface area is 114 Å². The summed E-state index contributed by atoms with van der Waals surface area (Å²) in [4.78, 5) is 12.0. The predicted octanol–water partition coefficient (Wildman–Crippen LogP) is 2.71. The molecule has 4 heteroatoms. The highest BCUT2D eigenvalue weighted by Crippen LogP contribution is 2.18. The third kappa shape index (κ3) is 5.85. The molecule has 0 aromatic heterocycles. The number of Topliss-reactive ketones (excluding diaryl/α,β-unsaturated/α-hetero) is 1. The van der Waals surface area contributed by atoms with Crippen LogP contribution >= 0.6 is 0 Å². The number of benzene rings is 1. The average molecular weight is 266 g/mol. The van der Waals surface area contributed by atoms with E-state index < -0.39 is 0 Å². The van der Waals surface area contributed by atoms with Crippen molar-refractivity contribution in [2.24, 2.45) is 0 Å². The van der Waals surface area contributed by atoms with Crippen molar-refractivity contribution >= 4 is 5.78 Å². The zero-order valence-electron chi connectivity index (χ0n) is 11.7. The van der Waals surface area contributed by atoms with E-state index in [0.29, 0.717) is 31.1 Å². The van der Waals surface area contributed by atoms with E-state index in [2.05, 4.69) is 6.92 Å². The molecule has 0 aliphatic rings. The maximum atomic E-state index is 12.0. The van der Waals surface area contributed by atoms with E-state index in [4.69, 9.17) is 14.2 Å². The molecule has 0 aliphatic heterocycles. The van der Waals surface area contributed by atoms with Gasteiger partial charge in [0.2, 0.25) is 0 Å². The summed E-state index contributed by atoms with van der Waals surface area (Å²) >= 11 is 0. The Balaban J connectivity index is 2.36. The Hall–Kier alpha value is -1.39. The van der Waals surface area contributed by atoms with Crippen LogP contribution < -0.4 is 4.74 Å². The zero-order valence-corrected chi connectivity index (χ0v) is 11.7. The Morgan fingerprint density at radius 2 is 1.79 bits per heavy atom. The van der Waals surface area contributed by atoms with Gasteiger partial charge in [0.15, 0.2) is 5.78 Å². The van der Waals surface area contributed by atoms with Gasteiger partial charge in [-0.05, 0) is 25.5 Å². The summed E-state index contributed by atoms with van der Waals surface area (Å²) in [6, 6.07) is 7.21. The molecule has 19 heavy (non-hydrogen) atoms. The largest absolute Gasteiger partial charge is 0.493 e. The van der Waals surface area contributed by atoms with E-state index in [1.165, 1.54) is 0 Å². The van der Waals surface area contributed by atoms with Crippen LogP contribution in [0.3, 0.4) is 0 Å². The summed E-state index contributed by atoms with van der Waals surface area (Å²) in [7, 11) is 0. The molecule has 0 unspecified atom stereocenters. The van der Waals surface area contributed by atoms with Gasteiger partial charge in [-0.2, -0.15) is 0 Å². The average Bonchev–Trinajstić information content (AvgIpc) is 2.43. The molecule has 1 aromatic carbocycles. The van der Waals surface area contributed by atoms with Gasteiger partial charge in [-0.3, -0.25) is 4.79 Å². The molecular weight excluding hydrogens is 244 g/mol. The Bertz CT molecular complexity index is 376. The van der Waals surface area contributed by atoms with Crippen LogP contribution in [-0.4, -0.2) is 38.8 Å². The van der Waals surface area contributed by atoms with Crippen LogP contribution in [0, 0.1) is 0 Å². The van der Waals surface area contributed by atoms with Crippen LogP contribution in [-0.2, 0) is 9.47 Å². The smallest absolute Gasteiger partial charge is 0.192 e. The zero-order chi connectivity index (χ0) is 13.9. The standard InChI is InChI=1S/C15H22O4/c1-3-9-17-10-11-18-12-14(16)13-7-5-6-8-15(13)19-4-2/h5-8H,3-4,9-12H2,1-2H3. The number of ether oxygens (including phenoxy) is 3. The number of hydrogen-bond acceptors (Lipinski definition) is 4. The molecule has 1 aromatic rings. The lowest BCUT2D eigenvalue weighted by Crippen LogP contribution is -2.14. The van der Waals surface area contributed by atoms with Crippen LogP contribution in [0.5, 0.6) is 5.75 Å². The molecule has 0 saturated carbocycles. The fourth-order valence-corrected chi connectivity index (χ4v) is 1.59. The van der Waals surface area contributed by atoms with Crippen molar-refractivity contribution in [1.29, 1.82) is 0 Å². The molecule has 0 amide bonds. The highest BCUT2D eigenvalue weighted by molar-refractivity contribution is 5.99. The summed E-state index contributed by atoms with van der Waals surface area (Å²) in [6.45, 7) is 6.22. The van der Waals surface area contributed by atoms with Gasteiger partial charge in [0.25, 0.3) is 0 Å². The van der Waals surface area contributed by atoms with E-state index in [1.807, 2.05) is 19.1 Å². The van der Waals surface area contributed by atoms with Crippen molar-refractivity contribution in [1.82, 2.24) is 0 Å². The monoisotopic (exact) mass is 266 g/mol. The topological polar surface area (TPSA) is 44.8 Å². The van der Waals surface area contributed by atoms with Crippen molar-refractivity contribution in [3.8, 4) is 5.75 Å². The molecule has 106 valence electrons. The summed E-state index contributed by atoms with van der Waals surface area (Å²) in [5, 5.41) is 0. The van der Waals surface area contributed by atoms with Crippen molar-refractivity contribution < 1.29 is 19.0 Å². The number of hydrogen-bond donors (Lipinski definition) is 0. The summed E-state index contributed by atoms with van der Waals surface area (Å²) in [5.74, 6) is 0.542. The van der Waals surface area contributed by atoms with E-state index in [0.717, 1.165) is 13.0 Å². The van der Waals surface area contributed by atoms with Gasteiger partial charge in [0.1, 0.15) is 12.4 Å². The molecule has 0 saturated heterocycles. The summed E-state index contributed by atoms with van der Waals surface area (Å²) in [6.07, 6.45) is 0.987. The van der Waals surface area contributed by atoms with Crippen LogP contribution in [0.1, 0.15) is 30.6 Å². The first-order valence-corrected chi connectivity index (χ1v) is 6.70. The van der Waals surface area contributed by atoms with Crippen LogP contribution in [0.4, 0.5) is 0 Å². The third-order valence-corrected chi connectivity index (χ3v) is 2.44. The minimum absolute atomic E-state index is 0.0551. The van der Waals surface area contributed by atoms with Gasteiger partial charge in [-0.25, -0.2) is 0 Å². The van der Waals surface area contributed by atoms with Gasteiger partial charge in [0, 0.05) is 6.61 Å². The maximum absolute atomic E-state index is 12.0. The Morgan fingerprint density at radius 3 is 2.53 bits per heavy atom. The minimum Gasteiger partial charge on any atom is -0.493 e. The van der Waals surface area contributed by atoms with Crippen LogP contribution in [0.25, 0.3) is 0 Å². The van der Waals surface area contributed by atoms with Crippen molar-refractivity contribution in [2.75, 3.05) is 33.0 Å². The predicted molar refractivity (Wildman–Crippen MR) is 73.9 cm³/mol. The Morgan fingerprint density at radius 1 is 1.05 bits per heavy atom. The lowest BCUT2D eigenvalue weighted by atomic mass is 10.1. The van der Waals surface area contributed by atoms with Crippen molar-refractivity contribution in [3.05, 3.63) is 29.8 Å². The lowest BCUT2D eigenvalue weighted by molar-refractivity contribution is 0.0440. The van der Waals surface area contributed by atoms with E-state index in [-0.39, 0.29) is 12.4 Å². The van der Waals surface area contributed by atoms with Gasteiger partial charge < -0.3 is 14.2 Å². The van der Waals surface area contributed by atoms with Gasteiger partial charge in [0.05, 0.1) is 25.4 Å². The quantitative estimate of drug-likeness (QED) is 0.482. The highest BCUT2D eigenvalue weighted by atomic mass is 16.5. The highest BCUT2D eigenvalue weighted by Gasteiger charge is 2.11. The fraction of sp³-hybridized carbons (Fsp3) is 0.533. The number of ketones is 1. The first-order chi connectivity index (χ1) is 9.29. The minimum atomic E-state index is -0.0699. The van der Waals surface area contributed by atoms with Gasteiger partial charge >= 0.3 is 0 Å². The maximum Gasteiger partial charge on any atom is 0.192 e. The Kier molecular flexibility index (Phi) is 7.86. The molecule has 0 bridgehead atoms. The lowest BCUT2D eigenvalue weighted by Gasteiger charge is -2.09. The van der Waals surface area contributed by atoms with Crippen LogP contribution in [0.2, 0.25) is 0 Å². The molecule has 0 aliphatic carbocycles. The molecule has 0 fully saturated rings. The van der Waals surface area contributed by atoms with E-state index >= 15 is 0 Å². The molecule has 0 N–H and O–H groups in total. The molecular formula is C15H22O4. The second-order valence-electron chi connectivity index (χ2n) is 4.02. The second-order valence-corrected chi connectivity index (χ2v) is 4.02. The number of carbonyl (C=O) groups is 1. The third-order valence-electron chi connectivity index (χ3n) is 2.44. The number of carbonyl (C=O) groups excluding carboxylic acids is 1. The van der Waals surface area contributed by atoms with E-state index in [1.54, 1.807) is 12.1 Å². The van der Waals surface area contributed by atoms with E-state index in [9.17, 15) is 4.79 Å². The van der Waals surface area contributed by atoms with Gasteiger partial charge in [-0.1, -0.05) is 19.1 Å². The fourth-order valence-electron chi connectivity index (χ4n) is 1.59. The van der Waals surface area contributed by atoms with Crippen LogP contribution in [0.15, 0.2) is 24.3 Å². The number of rotatable bonds is 10. The van der Waals surface area contributed by atoms with Crippen molar-refractivity contribution in [2.45, 2.75) is 20.3 Å². The van der Waals surface area contributed by atoms with Gasteiger partial charge in [-0.15, -0.1) is 0 Å². The molecule has 4 nitrogen and oxygen atoms in total. The summed E-state index contributed by atoms with van der Waals surface area (Å²) in [5.41, 5.74) is 0.568.